The molecule has 0 aliphatic rings. The molecule has 0 fully saturated rings. The normalized spacial score (nSPS) is 11.7. The number of nitriles is 1. The first-order chi connectivity index (χ1) is 7.58. The van der Waals surface area contributed by atoms with Crippen LogP contribution in [0.2, 0.25) is 0 Å². The Morgan fingerprint density at radius 3 is 2.62 bits per heavy atom. The van der Waals surface area contributed by atoms with Crippen molar-refractivity contribution in [2.45, 2.75) is 26.3 Å². The van der Waals surface area contributed by atoms with Gasteiger partial charge in [-0.3, -0.25) is 0 Å². The highest BCUT2D eigenvalue weighted by molar-refractivity contribution is 5.62. The van der Waals surface area contributed by atoms with Crippen molar-refractivity contribution >= 4 is 11.4 Å². The van der Waals surface area contributed by atoms with Crippen LogP contribution in [-0.2, 0) is 0 Å². The van der Waals surface area contributed by atoms with E-state index in [-0.39, 0.29) is 6.04 Å². The maximum Gasteiger partial charge on any atom is 0.114 e. The van der Waals surface area contributed by atoms with Crippen LogP contribution in [0.5, 0.6) is 0 Å². The maximum atomic E-state index is 8.90. The number of nitrogens with zero attached hydrogens (tertiary/aromatic N) is 2. The molecule has 0 saturated heterocycles. The smallest absolute Gasteiger partial charge is 0.114 e. The maximum absolute atomic E-state index is 8.90. The molecule has 1 atom stereocenters. The largest absolute Gasteiger partial charge is 0.377 e. The van der Waals surface area contributed by atoms with Gasteiger partial charge in [-0.15, -0.1) is 0 Å². The van der Waals surface area contributed by atoms with Crippen molar-refractivity contribution in [1.82, 2.24) is 0 Å². The predicted molar refractivity (Wildman–Crippen MR) is 68.8 cm³/mol. The van der Waals surface area contributed by atoms with Gasteiger partial charge >= 0.3 is 0 Å². The van der Waals surface area contributed by atoms with Crippen LogP contribution in [0.1, 0.15) is 18.9 Å². The summed E-state index contributed by atoms with van der Waals surface area (Å²) in [5.41, 5.74) is 3.42. The Morgan fingerprint density at radius 2 is 2.12 bits per heavy atom. The highest BCUT2D eigenvalue weighted by atomic mass is 15.1. The van der Waals surface area contributed by atoms with Gasteiger partial charge < -0.3 is 10.2 Å². The lowest BCUT2D eigenvalue weighted by molar-refractivity contribution is 0.845. The van der Waals surface area contributed by atoms with E-state index in [9.17, 15) is 0 Å². The summed E-state index contributed by atoms with van der Waals surface area (Å²) in [5.74, 6) is 0. The molecule has 0 aromatic heterocycles. The molecule has 0 aliphatic carbocycles. The number of hydrogen-bond acceptors (Lipinski definition) is 3. The number of nitrogens with one attached hydrogen (secondary N) is 1. The lowest BCUT2D eigenvalue weighted by Crippen LogP contribution is -2.16. The molecule has 0 bridgehead atoms. The fourth-order valence-corrected chi connectivity index (χ4v) is 1.61. The van der Waals surface area contributed by atoms with Gasteiger partial charge in [-0.2, -0.15) is 5.26 Å². The molecule has 3 heteroatoms. The van der Waals surface area contributed by atoms with Crippen LogP contribution in [0.4, 0.5) is 11.4 Å². The van der Waals surface area contributed by atoms with Gasteiger partial charge in [0.25, 0.3) is 0 Å². The molecular weight excluding hydrogens is 198 g/mol. The van der Waals surface area contributed by atoms with E-state index in [1.54, 1.807) is 0 Å². The van der Waals surface area contributed by atoms with E-state index in [0.29, 0.717) is 0 Å². The van der Waals surface area contributed by atoms with Gasteiger partial charge in [-0.25, -0.2) is 0 Å². The van der Waals surface area contributed by atoms with Crippen LogP contribution in [0.3, 0.4) is 0 Å². The lowest BCUT2D eigenvalue weighted by atomic mass is 10.1. The average molecular weight is 217 g/mol. The van der Waals surface area contributed by atoms with Crippen molar-refractivity contribution in [3.63, 3.8) is 0 Å². The SMILES string of the molecule is CCC(C#N)Nc1ccc(C)c(N(C)C)c1. The number of aryl methyl sites for hydroxylation is 1. The van der Waals surface area contributed by atoms with Gasteiger partial charge in [0.2, 0.25) is 0 Å². The fourth-order valence-electron chi connectivity index (χ4n) is 1.61. The summed E-state index contributed by atoms with van der Waals surface area (Å²) in [7, 11) is 4.04. The summed E-state index contributed by atoms with van der Waals surface area (Å²) in [6.45, 7) is 4.09. The number of rotatable bonds is 4. The first kappa shape index (κ1) is 12.4. The minimum Gasteiger partial charge on any atom is -0.377 e. The van der Waals surface area contributed by atoms with E-state index in [2.05, 4.69) is 35.3 Å². The molecule has 0 saturated carbocycles. The predicted octanol–water partition coefficient (Wildman–Crippen LogP) is 2.78. The molecule has 1 unspecified atom stereocenters. The highest BCUT2D eigenvalue weighted by Gasteiger charge is 2.06. The van der Waals surface area contributed by atoms with Crippen molar-refractivity contribution < 1.29 is 0 Å². The third kappa shape index (κ3) is 2.90. The molecule has 1 aromatic rings. The van der Waals surface area contributed by atoms with Gasteiger partial charge in [0, 0.05) is 25.5 Å². The molecule has 0 spiro atoms. The Hall–Kier alpha value is -1.69. The van der Waals surface area contributed by atoms with Crippen molar-refractivity contribution in [2.75, 3.05) is 24.3 Å². The van der Waals surface area contributed by atoms with Gasteiger partial charge in [0.15, 0.2) is 0 Å². The summed E-state index contributed by atoms with van der Waals surface area (Å²) in [6.07, 6.45) is 0.807. The Kier molecular flexibility index (Phi) is 4.19. The summed E-state index contributed by atoms with van der Waals surface area (Å²) >= 11 is 0. The van der Waals surface area contributed by atoms with Crippen molar-refractivity contribution in [3.05, 3.63) is 23.8 Å². The second kappa shape index (κ2) is 5.41. The topological polar surface area (TPSA) is 39.1 Å². The van der Waals surface area contributed by atoms with Crippen LogP contribution in [-0.4, -0.2) is 20.1 Å². The summed E-state index contributed by atoms with van der Waals surface area (Å²) < 4.78 is 0. The first-order valence-corrected chi connectivity index (χ1v) is 5.52. The van der Waals surface area contributed by atoms with Crippen LogP contribution >= 0.6 is 0 Å². The molecule has 16 heavy (non-hydrogen) atoms. The minimum absolute atomic E-state index is 0.113. The van der Waals surface area contributed by atoms with Crippen LogP contribution < -0.4 is 10.2 Å². The van der Waals surface area contributed by atoms with E-state index in [0.717, 1.165) is 12.1 Å². The molecule has 0 radical (unpaired) electrons. The molecule has 0 heterocycles. The lowest BCUT2D eigenvalue weighted by Gasteiger charge is -2.18. The molecule has 0 aliphatic heterocycles. The molecule has 0 amide bonds. The van der Waals surface area contributed by atoms with E-state index < -0.39 is 0 Å². The molecule has 1 N–H and O–H groups in total. The first-order valence-electron chi connectivity index (χ1n) is 5.52. The third-order valence-corrected chi connectivity index (χ3v) is 2.60. The van der Waals surface area contributed by atoms with Gasteiger partial charge in [0.1, 0.15) is 6.04 Å². The number of benzene rings is 1. The fraction of sp³-hybridized carbons (Fsp3) is 0.462. The monoisotopic (exact) mass is 217 g/mol. The quantitative estimate of drug-likeness (QED) is 0.843. The Labute approximate surface area is 97.7 Å². The third-order valence-electron chi connectivity index (χ3n) is 2.60. The van der Waals surface area contributed by atoms with Gasteiger partial charge in [-0.05, 0) is 31.0 Å². The zero-order chi connectivity index (χ0) is 12.1. The number of hydrogen-bond donors (Lipinski definition) is 1. The summed E-state index contributed by atoms with van der Waals surface area (Å²) in [4.78, 5) is 2.08. The number of anilines is 2. The van der Waals surface area contributed by atoms with E-state index in [1.165, 1.54) is 11.3 Å². The Balaban J connectivity index is 2.91. The molecule has 1 rings (SSSR count). The van der Waals surface area contributed by atoms with Crippen molar-refractivity contribution in [3.8, 4) is 6.07 Å². The average Bonchev–Trinajstić information content (AvgIpc) is 2.27. The van der Waals surface area contributed by atoms with Crippen molar-refractivity contribution in [1.29, 1.82) is 5.26 Å². The molecule has 3 nitrogen and oxygen atoms in total. The van der Waals surface area contributed by atoms with E-state index >= 15 is 0 Å². The molecular formula is C13H19N3. The summed E-state index contributed by atoms with van der Waals surface area (Å²) in [5, 5.41) is 12.1. The van der Waals surface area contributed by atoms with Crippen LogP contribution in [0.25, 0.3) is 0 Å². The molecule has 1 aromatic carbocycles. The van der Waals surface area contributed by atoms with E-state index in [4.69, 9.17) is 5.26 Å². The van der Waals surface area contributed by atoms with Crippen LogP contribution in [0.15, 0.2) is 18.2 Å². The second-order valence-corrected chi connectivity index (χ2v) is 4.13. The Bertz CT molecular complexity index is 391. The Morgan fingerprint density at radius 1 is 1.44 bits per heavy atom. The van der Waals surface area contributed by atoms with Gasteiger partial charge in [0.05, 0.1) is 6.07 Å². The standard InChI is InChI=1S/C13H19N3/c1-5-11(9-14)15-12-7-6-10(2)13(8-12)16(3)4/h6-8,11,15H,5H2,1-4H3. The zero-order valence-corrected chi connectivity index (χ0v) is 10.4. The zero-order valence-electron chi connectivity index (χ0n) is 10.4. The van der Waals surface area contributed by atoms with Gasteiger partial charge in [-0.1, -0.05) is 13.0 Å². The minimum atomic E-state index is -0.113. The highest BCUT2D eigenvalue weighted by Crippen LogP contribution is 2.23. The summed E-state index contributed by atoms with van der Waals surface area (Å²) in [6, 6.07) is 8.29. The van der Waals surface area contributed by atoms with E-state index in [1.807, 2.05) is 27.1 Å². The van der Waals surface area contributed by atoms with Crippen molar-refractivity contribution in [2.24, 2.45) is 0 Å². The molecule has 86 valence electrons. The van der Waals surface area contributed by atoms with Crippen LogP contribution in [0, 0.1) is 18.3 Å². The second-order valence-electron chi connectivity index (χ2n) is 4.13.